The maximum atomic E-state index is 12.3. The van der Waals surface area contributed by atoms with Crippen LogP contribution in [0.4, 0.5) is 0 Å². The van der Waals surface area contributed by atoms with Gasteiger partial charge in [-0.2, -0.15) is 8.42 Å². The molecule has 0 spiro atoms. The highest BCUT2D eigenvalue weighted by Crippen LogP contribution is 2.28. The van der Waals surface area contributed by atoms with Crippen molar-refractivity contribution in [1.29, 1.82) is 0 Å². The van der Waals surface area contributed by atoms with Gasteiger partial charge in [0.05, 0.1) is 11.0 Å². The van der Waals surface area contributed by atoms with Crippen LogP contribution in [0.25, 0.3) is 0 Å². The second-order valence-corrected chi connectivity index (χ2v) is 8.50. The number of benzene rings is 2. The van der Waals surface area contributed by atoms with E-state index in [1.165, 1.54) is 0 Å². The van der Waals surface area contributed by atoms with Crippen molar-refractivity contribution in [2.24, 2.45) is 0 Å². The molecular weight excluding hydrogens is 340 g/mol. The summed E-state index contributed by atoms with van der Waals surface area (Å²) in [7, 11) is -3.75. The number of rotatable bonds is 8. The van der Waals surface area contributed by atoms with Gasteiger partial charge >= 0.3 is 0 Å². The van der Waals surface area contributed by atoms with Crippen LogP contribution >= 0.6 is 11.8 Å². The van der Waals surface area contributed by atoms with Gasteiger partial charge in [0.2, 0.25) is 0 Å². The number of hydrogen-bond donors (Lipinski definition) is 0. The first kappa shape index (κ1) is 18.8. The Bertz CT molecular complexity index is 753. The van der Waals surface area contributed by atoms with Crippen molar-refractivity contribution in [2.45, 2.75) is 41.4 Å². The van der Waals surface area contributed by atoms with Gasteiger partial charge in [0.1, 0.15) is 0 Å². The van der Waals surface area contributed by atoms with E-state index in [0.717, 1.165) is 10.5 Å². The van der Waals surface area contributed by atoms with Gasteiger partial charge in [-0.3, -0.25) is 4.18 Å². The maximum Gasteiger partial charge on any atom is 0.297 e. The first-order valence-electron chi connectivity index (χ1n) is 7.75. The fourth-order valence-corrected chi connectivity index (χ4v) is 4.43. The fourth-order valence-electron chi connectivity index (χ4n) is 2.21. The van der Waals surface area contributed by atoms with Crippen molar-refractivity contribution >= 4 is 21.9 Å². The van der Waals surface area contributed by atoms with Gasteiger partial charge in [-0.1, -0.05) is 42.0 Å². The van der Waals surface area contributed by atoms with E-state index in [1.807, 2.05) is 43.3 Å². The molecule has 1 unspecified atom stereocenters. The average Bonchev–Trinajstić information content (AvgIpc) is 2.55. The lowest BCUT2D eigenvalue weighted by Crippen LogP contribution is -2.19. The van der Waals surface area contributed by atoms with Gasteiger partial charge in [-0.15, -0.1) is 18.3 Å². The summed E-state index contributed by atoms with van der Waals surface area (Å²) >= 11 is 1.65. The molecule has 128 valence electrons. The highest BCUT2D eigenvalue weighted by Gasteiger charge is 2.21. The third-order valence-corrected chi connectivity index (χ3v) is 6.12. The van der Waals surface area contributed by atoms with Crippen LogP contribution in [0.1, 0.15) is 18.9 Å². The summed E-state index contributed by atoms with van der Waals surface area (Å²) in [6, 6.07) is 16.6. The lowest BCUT2D eigenvalue weighted by atomic mass is 10.2. The van der Waals surface area contributed by atoms with Crippen LogP contribution in [-0.4, -0.2) is 19.8 Å². The molecule has 0 radical (unpaired) electrons. The molecule has 0 aromatic heterocycles. The first-order valence-corrected chi connectivity index (χ1v) is 10.0. The average molecular weight is 363 g/mol. The van der Waals surface area contributed by atoms with E-state index in [-0.39, 0.29) is 10.1 Å². The lowest BCUT2D eigenvalue weighted by Gasteiger charge is -2.18. The number of hydrogen-bond acceptors (Lipinski definition) is 4. The second kappa shape index (κ2) is 8.51. The Morgan fingerprint density at radius 2 is 1.75 bits per heavy atom. The summed E-state index contributed by atoms with van der Waals surface area (Å²) in [6.45, 7) is 7.53. The molecule has 2 atom stereocenters. The van der Waals surface area contributed by atoms with E-state index in [0.29, 0.717) is 6.42 Å². The molecule has 3 nitrogen and oxygen atoms in total. The zero-order chi connectivity index (χ0) is 17.6. The number of aryl methyl sites for hydroxylation is 1. The summed E-state index contributed by atoms with van der Waals surface area (Å²) in [5.41, 5.74) is 1.01. The number of thioether (sulfide) groups is 1. The quantitative estimate of drug-likeness (QED) is 0.383. The van der Waals surface area contributed by atoms with Crippen LogP contribution in [-0.2, 0) is 14.3 Å². The van der Waals surface area contributed by atoms with Crippen LogP contribution in [0.15, 0.2) is 77.0 Å². The molecule has 5 heteroatoms. The SMILES string of the molecule is C=CC(C[C@@H](C)OS(=O)(=O)c1ccc(C)cc1)Sc1ccccc1. The van der Waals surface area contributed by atoms with Gasteiger partial charge in [0, 0.05) is 10.1 Å². The molecule has 0 saturated carbocycles. The molecule has 0 N–H and O–H groups in total. The Hall–Kier alpha value is -1.56. The Morgan fingerprint density at radius 3 is 2.33 bits per heavy atom. The summed E-state index contributed by atoms with van der Waals surface area (Å²) in [4.78, 5) is 1.31. The van der Waals surface area contributed by atoms with Crippen LogP contribution in [0.2, 0.25) is 0 Å². The third kappa shape index (κ3) is 5.51. The molecule has 2 rings (SSSR count). The largest absolute Gasteiger partial charge is 0.297 e. The molecule has 0 aliphatic rings. The monoisotopic (exact) mass is 362 g/mol. The Labute approximate surface area is 148 Å². The maximum absolute atomic E-state index is 12.3. The molecule has 0 amide bonds. The summed E-state index contributed by atoms with van der Waals surface area (Å²) in [6.07, 6.45) is 1.96. The van der Waals surface area contributed by atoms with Gasteiger partial charge in [0.25, 0.3) is 10.1 Å². The molecule has 0 aliphatic carbocycles. The predicted molar refractivity (Wildman–Crippen MR) is 99.8 cm³/mol. The van der Waals surface area contributed by atoms with Crippen LogP contribution in [0.5, 0.6) is 0 Å². The van der Waals surface area contributed by atoms with Gasteiger partial charge < -0.3 is 0 Å². The fraction of sp³-hybridized carbons (Fsp3) is 0.263. The smallest absolute Gasteiger partial charge is 0.263 e. The van der Waals surface area contributed by atoms with Crippen LogP contribution in [0.3, 0.4) is 0 Å². The molecule has 2 aromatic rings. The molecule has 2 aromatic carbocycles. The molecule has 0 bridgehead atoms. The molecule has 0 aliphatic heterocycles. The molecule has 24 heavy (non-hydrogen) atoms. The van der Waals surface area contributed by atoms with E-state index in [2.05, 4.69) is 6.58 Å². The molecule has 0 fully saturated rings. The van der Waals surface area contributed by atoms with Crippen molar-refractivity contribution in [2.75, 3.05) is 0 Å². The summed E-state index contributed by atoms with van der Waals surface area (Å²) in [5.74, 6) is 0. The van der Waals surface area contributed by atoms with E-state index < -0.39 is 16.2 Å². The van der Waals surface area contributed by atoms with Gasteiger partial charge in [-0.25, -0.2) is 0 Å². The molecule has 0 saturated heterocycles. The van der Waals surface area contributed by atoms with Crippen molar-refractivity contribution < 1.29 is 12.6 Å². The minimum atomic E-state index is -3.75. The normalized spacial score (nSPS) is 14.1. The minimum absolute atomic E-state index is 0.0793. The zero-order valence-corrected chi connectivity index (χ0v) is 15.5. The molecule has 0 heterocycles. The van der Waals surface area contributed by atoms with E-state index in [1.54, 1.807) is 43.0 Å². The Morgan fingerprint density at radius 1 is 1.12 bits per heavy atom. The van der Waals surface area contributed by atoms with Gasteiger partial charge in [0.15, 0.2) is 0 Å². The highest BCUT2D eigenvalue weighted by atomic mass is 32.2. The van der Waals surface area contributed by atoms with E-state index in [9.17, 15) is 8.42 Å². The predicted octanol–water partition coefficient (Wildman–Crippen LogP) is 4.83. The zero-order valence-electron chi connectivity index (χ0n) is 13.9. The summed E-state index contributed by atoms with van der Waals surface area (Å²) < 4.78 is 30.0. The van der Waals surface area contributed by atoms with E-state index >= 15 is 0 Å². The third-order valence-electron chi connectivity index (χ3n) is 3.46. The van der Waals surface area contributed by atoms with Crippen LogP contribution < -0.4 is 0 Å². The van der Waals surface area contributed by atoms with Crippen molar-refractivity contribution in [3.63, 3.8) is 0 Å². The first-order chi connectivity index (χ1) is 11.4. The second-order valence-electron chi connectivity index (χ2n) is 5.61. The lowest BCUT2D eigenvalue weighted by molar-refractivity contribution is 0.221. The van der Waals surface area contributed by atoms with Crippen molar-refractivity contribution in [3.8, 4) is 0 Å². The Balaban J connectivity index is 1.99. The minimum Gasteiger partial charge on any atom is -0.263 e. The highest BCUT2D eigenvalue weighted by molar-refractivity contribution is 8.00. The van der Waals surface area contributed by atoms with Crippen LogP contribution in [0, 0.1) is 6.92 Å². The standard InChI is InChI=1S/C19H22O3S2/c1-4-17(23-18-8-6-5-7-9-18)14-16(3)22-24(20,21)19-12-10-15(2)11-13-19/h4-13,16-17H,1,14H2,2-3H3/t16-,17?/m1/s1. The van der Waals surface area contributed by atoms with Crippen molar-refractivity contribution in [1.82, 2.24) is 0 Å². The van der Waals surface area contributed by atoms with Gasteiger partial charge in [-0.05, 0) is 44.5 Å². The topological polar surface area (TPSA) is 43.4 Å². The van der Waals surface area contributed by atoms with Crippen molar-refractivity contribution in [3.05, 3.63) is 72.8 Å². The Kier molecular flexibility index (Phi) is 6.66. The molecular formula is C19H22O3S2. The summed E-state index contributed by atoms with van der Waals surface area (Å²) in [5, 5.41) is 0.0793. The van der Waals surface area contributed by atoms with E-state index in [4.69, 9.17) is 4.18 Å².